The SMILES string of the molecule is COc1cc(/C=C2\OC(F)(F)CN3C2=NO[C@]3(c2ccc(F)cc2)C(C)O)ccc1-n1cnc(C)c1. The van der Waals surface area contributed by atoms with Gasteiger partial charge in [0.25, 0.3) is 5.72 Å². The summed E-state index contributed by atoms with van der Waals surface area (Å²) < 4.78 is 55.5. The fourth-order valence-electron chi connectivity index (χ4n) is 4.40. The molecule has 3 aromatic rings. The summed E-state index contributed by atoms with van der Waals surface area (Å²) in [5.74, 6) is -0.325. The lowest BCUT2D eigenvalue weighted by atomic mass is 9.94. The Morgan fingerprint density at radius 1 is 1.19 bits per heavy atom. The van der Waals surface area contributed by atoms with Crippen LogP contribution in [0.4, 0.5) is 13.2 Å². The number of aliphatic hydroxyl groups is 1. The molecule has 2 aromatic carbocycles. The topological polar surface area (TPSA) is 81.3 Å². The van der Waals surface area contributed by atoms with E-state index in [1.807, 2.05) is 13.1 Å². The first-order valence-corrected chi connectivity index (χ1v) is 11.1. The third-order valence-corrected chi connectivity index (χ3v) is 6.07. The normalized spacial score (nSPS) is 22.5. The number of aryl methyl sites for hydroxylation is 1. The molecule has 1 N–H and O–H groups in total. The van der Waals surface area contributed by atoms with E-state index in [-0.39, 0.29) is 17.2 Å². The van der Waals surface area contributed by atoms with Crippen molar-refractivity contribution in [1.29, 1.82) is 0 Å². The highest BCUT2D eigenvalue weighted by Crippen LogP contribution is 2.45. The lowest BCUT2D eigenvalue weighted by Gasteiger charge is -2.43. The van der Waals surface area contributed by atoms with E-state index in [4.69, 9.17) is 14.3 Å². The van der Waals surface area contributed by atoms with Gasteiger partial charge in [-0.3, -0.25) is 4.90 Å². The van der Waals surface area contributed by atoms with Crippen LogP contribution in [0.3, 0.4) is 0 Å². The standard InChI is InChI=1S/C25H23F3N4O4/c1-15-12-31(14-29-15)20-9-4-17(10-21(20)34-3)11-22-23-30-36-25(16(2)33,18-5-7-19(26)8-6-18)32(23)13-24(27,28)35-22/h4-12,14,16,33H,13H2,1-3H3/b22-11-/t16?,25-/m0/s1. The van der Waals surface area contributed by atoms with Crippen LogP contribution >= 0.6 is 0 Å². The Morgan fingerprint density at radius 3 is 2.58 bits per heavy atom. The molecule has 188 valence electrons. The predicted molar refractivity (Wildman–Crippen MR) is 124 cm³/mol. The van der Waals surface area contributed by atoms with E-state index in [0.29, 0.717) is 17.0 Å². The maximum Gasteiger partial charge on any atom is 0.416 e. The highest BCUT2D eigenvalue weighted by atomic mass is 19.3. The summed E-state index contributed by atoms with van der Waals surface area (Å²) in [7, 11) is 1.50. The van der Waals surface area contributed by atoms with Gasteiger partial charge in [-0.25, -0.2) is 9.37 Å². The molecule has 0 bridgehead atoms. The molecule has 0 spiro atoms. The van der Waals surface area contributed by atoms with E-state index in [1.54, 1.807) is 29.1 Å². The molecular formula is C25H23F3N4O4. The molecular weight excluding hydrogens is 477 g/mol. The van der Waals surface area contributed by atoms with Crippen molar-refractivity contribution in [2.75, 3.05) is 13.7 Å². The molecule has 5 rings (SSSR count). The first-order valence-electron chi connectivity index (χ1n) is 11.1. The molecule has 2 aliphatic rings. The van der Waals surface area contributed by atoms with E-state index in [9.17, 15) is 18.3 Å². The van der Waals surface area contributed by atoms with Gasteiger partial charge in [0.05, 0.1) is 24.8 Å². The third-order valence-electron chi connectivity index (χ3n) is 6.07. The zero-order valence-corrected chi connectivity index (χ0v) is 19.7. The van der Waals surface area contributed by atoms with Crippen LogP contribution < -0.4 is 4.74 Å². The van der Waals surface area contributed by atoms with Gasteiger partial charge < -0.3 is 24.0 Å². The zero-order valence-electron chi connectivity index (χ0n) is 19.7. The van der Waals surface area contributed by atoms with Gasteiger partial charge in [0, 0.05) is 11.8 Å². The number of hydrogen-bond donors (Lipinski definition) is 1. The van der Waals surface area contributed by atoms with Crippen molar-refractivity contribution < 1.29 is 32.6 Å². The Hall–Kier alpha value is -3.99. The van der Waals surface area contributed by atoms with Crippen LogP contribution in [0.15, 0.2) is 65.9 Å². The van der Waals surface area contributed by atoms with Crippen molar-refractivity contribution >= 4 is 11.9 Å². The van der Waals surface area contributed by atoms with Crippen LogP contribution in [-0.2, 0) is 15.3 Å². The summed E-state index contributed by atoms with van der Waals surface area (Å²) in [6.07, 6.45) is -0.0802. The number of nitrogens with zero attached hydrogens (tertiary/aromatic N) is 4. The second-order valence-corrected chi connectivity index (χ2v) is 8.57. The molecule has 0 saturated carbocycles. The average Bonchev–Trinajstić information content (AvgIpc) is 3.43. The summed E-state index contributed by atoms with van der Waals surface area (Å²) >= 11 is 0. The van der Waals surface area contributed by atoms with Gasteiger partial charge in [0.1, 0.15) is 24.2 Å². The summed E-state index contributed by atoms with van der Waals surface area (Å²) in [5, 5.41) is 14.7. The van der Waals surface area contributed by atoms with Crippen molar-refractivity contribution in [1.82, 2.24) is 14.5 Å². The lowest BCUT2D eigenvalue weighted by Crippen LogP contribution is -2.59. The molecule has 1 fully saturated rings. The number of ether oxygens (including phenoxy) is 2. The van der Waals surface area contributed by atoms with Crippen LogP contribution in [-0.4, -0.2) is 51.3 Å². The minimum atomic E-state index is -3.63. The number of alkyl halides is 2. The summed E-state index contributed by atoms with van der Waals surface area (Å²) in [6, 6.07) is 10.2. The maximum atomic E-state index is 14.8. The molecule has 11 heteroatoms. The Labute approximate surface area is 204 Å². The van der Waals surface area contributed by atoms with Gasteiger partial charge in [-0.05, 0) is 61.9 Å². The molecule has 36 heavy (non-hydrogen) atoms. The predicted octanol–water partition coefficient (Wildman–Crippen LogP) is 4.17. The Morgan fingerprint density at radius 2 is 1.94 bits per heavy atom. The number of morpholine rings is 1. The zero-order chi connectivity index (χ0) is 25.7. The highest BCUT2D eigenvalue weighted by Gasteiger charge is 2.59. The van der Waals surface area contributed by atoms with E-state index in [2.05, 4.69) is 10.1 Å². The van der Waals surface area contributed by atoms with Gasteiger partial charge in [-0.1, -0.05) is 11.2 Å². The van der Waals surface area contributed by atoms with Crippen molar-refractivity contribution in [2.45, 2.75) is 31.8 Å². The van der Waals surface area contributed by atoms with Crippen molar-refractivity contribution in [2.24, 2.45) is 5.16 Å². The van der Waals surface area contributed by atoms with E-state index < -0.39 is 30.3 Å². The van der Waals surface area contributed by atoms with Crippen LogP contribution in [0.2, 0.25) is 0 Å². The van der Waals surface area contributed by atoms with Crippen LogP contribution in [0.5, 0.6) is 5.75 Å². The smallest absolute Gasteiger partial charge is 0.416 e. The number of aliphatic hydroxyl groups excluding tert-OH is 1. The Balaban J connectivity index is 1.55. The average molecular weight is 500 g/mol. The van der Waals surface area contributed by atoms with E-state index in [1.165, 1.54) is 32.2 Å². The third kappa shape index (κ3) is 3.95. The lowest BCUT2D eigenvalue weighted by molar-refractivity contribution is -0.256. The number of rotatable bonds is 5. The fourth-order valence-corrected chi connectivity index (χ4v) is 4.40. The number of halogens is 3. The van der Waals surface area contributed by atoms with Gasteiger partial charge in [-0.2, -0.15) is 8.78 Å². The number of methoxy groups -OCH3 is 1. The van der Waals surface area contributed by atoms with Crippen LogP contribution in [0.1, 0.15) is 23.7 Å². The van der Waals surface area contributed by atoms with Crippen molar-refractivity contribution in [3.05, 3.63) is 83.4 Å². The minimum absolute atomic E-state index is 0.0283. The number of amidine groups is 1. The number of aromatic nitrogens is 2. The molecule has 2 aliphatic heterocycles. The Bertz CT molecular complexity index is 1350. The number of benzene rings is 2. The second kappa shape index (κ2) is 8.59. The van der Waals surface area contributed by atoms with Gasteiger partial charge in [0.2, 0.25) is 5.84 Å². The van der Waals surface area contributed by atoms with Crippen molar-refractivity contribution in [3.63, 3.8) is 0 Å². The highest BCUT2D eigenvalue weighted by molar-refractivity contribution is 6.02. The molecule has 2 atom stereocenters. The van der Waals surface area contributed by atoms with Crippen molar-refractivity contribution in [3.8, 4) is 11.4 Å². The first kappa shape index (κ1) is 23.7. The van der Waals surface area contributed by atoms with Gasteiger partial charge >= 0.3 is 6.11 Å². The molecule has 8 nitrogen and oxygen atoms in total. The molecule has 1 unspecified atom stereocenters. The first-order chi connectivity index (χ1) is 17.1. The fraction of sp³-hybridized carbons (Fsp3) is 0.280. The number of imidazole rings is 1. The van der Waals surface area contributed by atoms with E-state index >= 15 is 0 Å². The van der Waals surface area contributed by atoms with Gasteiger partial charge in [-0.15, -0.1) is 0 Å². The van der Waals surface area contributed by atoms with E-state index in [0.717, 1.165) is 22.7 Å². The molecule has 3 heterocycles. The summed E-state index contributed by atoms with van der Waals surface area (Å²) in [5.41, 5.74) is 0.497. The van der Waals surface area contributed by atoms with Crippen LogP contribution in [0, 0.1) is 12.7 Å². The largest absolute Gasteiger partial charge is 0.495 e. The Kier molecular flexibility index (Phi) is 5.67. The monoisotopic (exact) mass is 500 g/mol. The summed E-state index contributed by atoms with van der Waals surface area (Å²) in [6.45, 7) is 2.31. The number of hydrogen-bond acceptors (Lipinski definition) is 7. The van der Waals surface area contributed by atoms with Gasteiger partial charge in [0.15, 0.2) is 5.76 Å². The number of fused-ring (bicyclic) bond motifs is 1. The molecule has 1 aromatic heterocycles. The minimum Gasteiger partial charge on any atom is -0.495 e. The quantitative estimate of drug-likeness (QED) is 0.567. The molecule has 0 amide bonds. The molecule has 0 radical (unpaired) electrons. The summed E-state index contributed by atoms with van der Waals surface area (Å²) in [4.78, 5) is 11.0. The van der Waals surface area contributed by atoms with Crippen LogP contribution in [0.25, 0.3) is 11.8 Å². The maximum absolute atomic E-state index is 14.8. The molecule has 0 aliphatic carbocycles. The molecule has 1 saturated heterocycles. The second-order valence-electron chi connectivity index (χ2n) is 8.57. The number of oxime groups is 1.